The molecule has 1 aromatic carbocycles. The van der Waals surface area contributed by atoms with Gasteiger partial charge in [-0.2, -0.15) is 0 Å². The zero-order valence-electron chi connectivity index (χ0n) is 11.2. The second kappa shape index (κ2) is 7.98. The Kier molecular flexibility index (Phi) is 6.58. The van der Waals surface area contributed by atoms with E-state index in [2.05, 4.69) is 19.1 Å². The SMILES string of the molecule is CCOC(=O)C=C(C)C(C)CSc1ccccc1. The minimum atomic E-state index is -0.244. The minimum absolute atomic E-state index is 0.244. The normalized spacial score (nSPS) is 13.2. The van der Waals surface area contributed by atoms with Crippen molar-refractivity contribution in [2.24, 2.45) is 5.92 Å². The third-order valence-corrected chi connectivity index (χ3v) is 3.92. The molecule has 2 nitrogen and oxygen atoms in total. The van der Waals surface area contributed by atoms with E-state index in [1.165, 1.54) is 4.90 Å². The van der Waals surface area contributed by atoms with E-state index in [9.17, 15) is 4.79 Å². The highest BCUT2D eigenvalue weighted by atomic mass is 32.2. The first kappa shape index (κ1) is 14.8. The van der Waals surface area contributed by atoms with Gasteiger partial charge in [-0.15, -0.1) is 11.8 Å². The summed E-state index contributed by atoms with van der Waals surface area (Å²) in [7, 11) is 0. The summed E-state index contributed by atoms with van der Waals surface area (Å²) < 4.78 is 4.90. The average Bonchev–Trinajstić information content (AvgIpc) is 2.37. The second-order valence-corrected chi connectivity index (χ2v) is 5.26. The van der Waals surface area contributed by atoms with Crippen LogP contribution in [0.5, 0.6) is 0 Å². The van der Waals surface area contributed by atoms with Gasteiger partial charge in [-0.05, 0) is 31.9 Å². The molecule has 0 saturated heterocycles. The summed E-state index contributed by atoms with van der Waals surface area (Å²) in [6.45, 7) is 6.35. The Morgan fingerprint density at radius 2 is 2.06 bits per heavy atom. The molecule has 1 rings (SSSR count). The zero-order chi connectivity index (χ0) is 13.4. The molecular formula is C15H20O2S. The Bertz CT molecular complexity index is 398. The van der Waals surface area contributed by atoms with Gasteiger partial charge in [0.25, 0.3) is 0 Å². The van der Waals surface area contributed by atoms with Gasteiger partial charge in [-0.3, -0.25) is 0 Å². The van der Waals surface area contributed by atoms with Gasteiger partial charge in [-0.25, -0.2) is 4.79 Å². The van der Waals surface area contributed by atoms with E-state index in [1.807, 2.05) is 32.0 Å². The highest BCUT2D eigenvalue weighted by Gasteiger charge is 2.07. The molecule has 0 N–H and O–H groups in total. The van der Waals surface area contributed by atoms with Gasteiger partial charge in [-0.1, -0.05) is 30.7 Å². The van der Waals surface area contributed by atoms with Gasteiger partial charge in [0, 0.05) is 16.7 Å². The number of benzene rings is 1. The molecule has 0 bridgehead atoms. The number of carbonyl (C=O) groups is 1. The van der Waals surface area contributed by atoms with Crippen LogP contribution in [-0.4, -0.2) is 18.3 Å². The van der Waals surface area contributed by atoms with Crippen molar-refractivity contribution in [1.29, 1.82) is 0 Å². The number of hydrogen-bond donors (Lipinski definition) is 0. The van der Waals surface area contributed by atoms with Crippen LogP contribution in [0.3, 0.4) is 0 Å². The van der Waals surface area contributed by atoms with Crippen molar-refractivity contribution in [2.45, 2.75) is 25.7 Å². The number of esters is 1. The molecule has 98 valence electrons. The van der Waals surface area contributed by atoms with Crippen molar-refractivity contribution < 1.29 is 9.53 Å². The summed E-state index contributed by atoms with van der Waals surface area (Å²) in [4.78, 5) is 12.6. The van der Waals surface area contributed by atoms with Gasteiger partial charge >= 0.3 is 5.97 Å². The Labute approximate surface area is 113 Å². The van der Waals surface area contributed by atoms with Crippen molar-refractivity contribution in [3.63, 3.8) is 0 Å². The molecule has 1 atom stereocenters. The van der Waals surface area contributed by atoms with Crippen molar-refractivity contribution in [3.05, 3.63) is 42.0 Å². The van der Waals surface area contributed by atoms with Gasteiger partial charge < -0.3 is 4.74 Å². The highest BCUT2D eigenvalue weighted by Crippen LogP contribution is 2.23. The van der Waals surface area contributed by atoms with E-state index in [0.29, 0.717) is 12.5 Å². The van der Waals surface area contributed by atoms with Crippen LogP contribution in [0.4, 0.5) is 0 Å². The molecule has 3 heteroatoms. The molecule has 18 heavy (non-hydrogen) atoms. The number of thioether (sulfide) groups is 1. The predicted molar refractivity (Wildman–Crippen MR) is 76.7 cm³/mol. The van der Waals surface area contributed by atoms with Gasteiger partial charge in [0.1, 0.15) is 0 Å². The van der Waals surface area contributed by atoms with E-state index in [4.69, 9.17) is 4.74 Å². The molecule has 0 aliphatic rings. The number of rotatable bonds is 6. The summed E-state index contributed by atoms with van der Waals surface area (Å²) in [6.07, 6.45) is 1.60. The van der Waals surface area contributed by atoms with Gasteiger partial charge in [0.05, 0.1) is 6.61 Å². The maximum atomic E-state index is 11.3. The Hall–Kier alpha value is -1.22. The second-order valence-electron chi connectivity index (χ2n) is 4.17. The lowest BCUT2D eigenvalue weighted by Crippen LogP contribution is -2.05. The number of hydrogen-bond acceptors (Lipinski definition) is 3. The highest BCUT2D eigenvalue weighted by molar-refractivity contribution is 7.99. The fourth-order valence-electron chi connectivity index (χ4n) is 1.38. The molecule has 0 heterocycles. The zero-order valence-corrected chi connectivity index (χ0v) is 12.0. The number of carbonyl (C=O) groups excluding carboxylic acids is 1. The first-order valence-corrected chi connectivity index (χ1v) is 7.14. The summed E-state index contributed by atoms with van der Waals surface area (Å²) in [6, 6.07) is 10.3. The fourth-order valence-corrected chi connectivity index (χ4v) is 2.44. The Balaban J connectivity index is 2.45. The van der Waals surface area contributed by atoms with Crippen LogP contribution < -0.4 is 0 Å². The molecular weight excluding hydrogens is 244 g/mol. The molecule has 0 aliphatic carbocycles. The number of ether oxygens (including phenoxy) is 1. The van der Waals surface area contributed by atoms with E-state index in [0.717, 1.165) is 11.3 Å². The largest absolute Gasteiger partial charge is 0.463 e. The molecule has 0 saturated carbocycles. The molecule has 0 amide bonds. The smallest absolute Gasteiger partial charge is 0.330 e. The molecule has 0 fully saturated rings. The molecule has 1 unspecified atom stereocenters. The molecule has 1 aromatic rings. The lowest BCUT2D eigenvalue weighted by Gasteiger charge is -2.11. The van der Waals surface area contributed by atoms with Crippen LogP contribution in [-0.2, 0) is 9.53 Å². The van der Waals surface area contributed by atoms with Crippen molar-refractivity contribution in [1.82, 2.24) is 0 Å². The van der Waals surface area contributed by atoms with E-state index >= 15 is 0 Å². The van der Waals surface area contributed by atoms with E-state index in [1.54, 1.807) is 17.8 Å². The van der Waals surface area contributed by atoms with Crippen molar-refractivity contribution in [2.75, 3.05) is 12.4 Å². The third-order valence-electron chi connectivity index (χ3n) is 2.65. The first-order valence-electron chi connectivity index (χ1n) is 6.16. The summed E-state index contributed by atoms with van der Waals surface area (Å²) in [5.41, 5.74) is 1.07. The minimum Gasteiger partial charge on any atom is -0.463 e. The topological polar surface area (TPSA) is 26.3 Å². The Morgan fingerprint density at radius 3 is 2.67 bits per heavy atom. The lowest BCUT2D eigenvalue weighted by atomic mass is 10.1. The summed E-state index contributed by atoms with van der Waals surface area (Å²) >= 11 is 1.80. The summed E-state index contributed by atoms with van der Waals surface area (Å²) in [5, 5.41) is 0. The standard InChI is InChI=1S/C15H20O2S/c1-4-17-15(16)10-12(2)13(3)11-18-14-8-6-5-7-9-14/h5-10,13H,4,11H2,1-3H3. The van der Waals surface area contributed by atoms with Crippen LogP contribution in [0, 0.1) is 5.92 Å². The van der Waals surface area contributed by atoms with Crippen LogP contribution in [0.25, 0.3) is 0 Å². The maximum Gasteiger partial charge on any atom is 0.330 e. The van der Waals surface area contributed by atoms with Crippen molar-refractivity contribution >= 4 is 17.7 Å². The van der Waals surface area contributed by atoms with Gasteiger partial charge in [0.15, 0.2) is 0 Å². The maximum absolute atomic E-state index is 11.3. The third kappa shape index (κ3) is 5.41. The quantitative estimate of drug-likeness (QED) is 0.442. The predicted octanol–water partition coefficient (Wildman–Crippen LogP) is 3.92. The molecule has 0 radical (unpaired) electrons. The first-order chi connectivity index (χ1) is 8.63. The molecule has 0 aromatic heterocycles. The van der Waals surface area contributed by atoms with Crippen molar-refractivity contribution in [3.8, 4) is 0 Å². The molecule has 0 aliphatic heterocycles. The summed E-state index contributed by atoms with van der Waals surface area (Å²) in [5.74, 6) is 1.08. The van der Waals surface area contributed by atoms with Crippen LogP contribution in [0.2, 0.25) is 0 Å². The van der Waals surface area contributed by atoms with E-state index < -0.39 is 0 Å². The van der Waals surface area contributed by atoms with Crippen LogP contribution in [0.1, 0.15) is 20.8 Å². The monoisotopic (exact) mass is 264 g/mol. The van der Waals surface area contributed by atoms with E-state index in [-0.39, 0.29) is 5.97 Å². The van der Waals surface area contributed by atoms with Gasteiger partial charge in [0.2, 0.25) is 0 Å². The van der Waals surface area contributed by atoms with Crippen LogP contribution >= 0.6 is 11.8 Å². The molecule has 0 spiro atoms. The lowest BCUT2D eigenvalue weighted by molar-refractivity contribution is -0.137. The van der Waals surface area contributed by atoms with Crippen LogP contribution in [0.15, 0.2) is 46.9 Å². The fraction of sp³-hybridized carbons (Fsp3) is 0.400. The Morgan fingerprint density at radius 1 is 1.39 bits per heavy atom. The average molecular weight is 264 g/mol. The number of allylic oxidation sites excluding steroid dienone is 1.